The van der Waals surface area contributed by atoms with Gasteiger partial charge in [-0.1, -0.05) is 54.1 Å². The first-order chi connectivity index (χ1) is 9.24. The van der Waals surface area contributed by atoms with Crippen molar-refractivity contribution < 1.29 is 4.79 Å². The molecule has 0 saturated carbocycles. The van der Waals surface area contributed by atoms with Crippen LogP contribution in [0.4, 0.5) is 0 Å². The lowest BCUT2D eigenvalue weighted by Gasteiger charge is -2.05. The zero-order chi connectivity index (χ0) is 13.5. The van der Waals surface area contributed by atoms with E-state index < -0.39 is 0 Å². The molecule has 0 saturated heterocycles. The van der Waals surface area contributed by atoms with E-state index in [1.165, 1.54) is 0 Å². The van der Waals surface area contributed by atoms with Gasteiger partial charge >= 0.3 is 0 Å². The number of nitrogens with one attached hydrogen (secondary N) is 1. The summed E-state index contributed by atoms with van der Waals surface area (Å²) in [6.45, 7) is 0.600. The standard InChI is InChI=1S/C16H15ClNO/c17-15-8-4-7-14(11-15)9-10-18-16(19)12-13-5-2-1-3-6-13/h1-8,11-12H,9-10H2,(H,18,19). The van der Waals surface area contributed by atoms with Gasteiger partial charge in [-0.15, -0.1) is 0 Å². The third kappa shape index (κ3) is 4.76. The van der Waals surface area contributed by atoms with Crippen molar-refractivity contribution in [3.05, 3.63) is 77.2 Å². The first-order valence-electron chi connectivity index (χ1n) is 6.16. The third-order valence-corrected chi connectivity index (χ3v) is 2.93. The predicted molar refractivity (Wildman–Crippen MR) is 78.0 cm³/mol. The molecule has 0 aromatic heterocycles. The van der Waals surface area contributed by atoms with E-state index in [2.05, 4.69) is 5.32 Å². The predicted octanol–water partition coefficient (Wildman–Crippen LogP) is 3.25. The minimum atomic E-state index is -0.0757. The molecule has 0 atom stereocenters. The zero-order valence-corrected chi connectivity index (χ0v) is 11.2. The summed E-state index contributed by atoms with van der Waals surface area (Å²) in [7, 11) is 0. The van der Waals surface area contributed by atoms with Crippen molar-refractivity contribution in [2.75, 3.05) is 6.54 Å². The molecule has 0 aliphatic heterocycles. The molecule has 19 heavy (non-hydrogen) atoms. The highest BCUT2D eigenvalue weighted by molar-refractivity contribution is 6.30. The second-order valence-corrected chi connectivity index (χ2v) is 4.66. The Morgan fingerprint density at radius 2 is 1.89 bits per heavy atom. The van der Waals surface area contributed by atoms with E-state index in [-0.39, 0.29) is 5.91 Å². The monoisotopic (exact) mass is 272 g/mol. The molecule has 0 unspecified atom stereocenters. The van der Waals surface area contributed by atoms with Crippen LogP contribution >= 0.6 is 11.6 Å². The number of carbonyl (C=O) groups excluding carboxylic acids is 1. The van der Waals surface area contributed by atoms with Gasteiger partial charge in [0.05, 0.1) is 6.42 Å². The Kier molecular flexibility index (Phi) is 4.99. The number of hydrogen-bond acceptors (Lipinski definition) is 1. The highest BCUT2D eigenvalue weighted by Gasteiger charge is 2.03. The van der Waals surface area contributed by atoms with Crippen molar-refractivity contribution in [1.82, 2.24) is 5.32 Å². The maximum atomic E-state index is 11.7. The zero-order valence-electron chi connectivity index (χ0n) is 10.5. The Bertz CT molecular complexity index is 539. The molecule has 0 bridgehead atoms. The van der Waals surface area contributed by atoms with Gasteiger partial charge < -0.3 is 5.32 Å². The molecule has 2 aromatic carbocycles. The Morgan fingerprint density at radius 3 is 2.63 bits per heavy atom. The van der Waals surface area contributed by atoms with Crippen LogP contribution in [0.1, 0.15) is 11.1 Å². The molecule has 1 N–H and O–H groups in total. The second-order valence-electron chi connectivity index (χ2n) is 4.23. The van der Waals surface area contributed by atoms with Crippen LogP contribution < -0.4 is 5.32 Å². The fourth-order valence-electron chi connectivity index (χ4n) is 1.77. The van der Waals surface area contributed by atoms with Crippen molar-refractivity contribution in [2.24, 2.45) is 0 Å². The molecular formula is C16H15ClNO. The lowest BCUT2D eigenvalue weighted by Crippen LogP contribution is -2.26. The van der Waals surface area contributed by atoms with Gasteiger partial charge in [0.15, 0.2) is 0 Å². The number of rotatable bonds is 5. The summed E-state index contributed by atoms with van der Waals surface area (Å²) >= 11 is 5.90. The summed E-state index contributed by atoms with van der Waals surface area (Å²) in [4.78, 5) is 11.7. The highest BCUT2D eigenvalue weighted by Crippen LogP contribution is 2.10. The van der Waals surface area contributed by atoms with Crippen LogP contribution in [0, 0.1) is 6.42 Å². The average Bonchev–Trinajstić information content (AvgIpc) is 2.40. The molecule has 1 radical (unpaired) electrons. The van der Waals surface area contributed by atoms with Crippen LogP contribution in [-0.2, 0) is 11.2 Å². The van der Waals surface area contributed by atoms with Crippen molar-refractivity contribution in [1.29, 1.82) is 0 Å². The van der Waals surface area contributed by atoms with Crippen LogP contribution in [0.25, 0.3) is 0 Å². The quantitative estimate of drug-likeness (QED) is 0.889. The molecule has 0 spiro atoms. The van der Waals surface area contributed by atoms with Crippen molar-refractivity contribution in [3.63, 3.8) is 0 Å². The third-order valence-electron chi connectivity index (χ3n) is 2.70. The van der Waals surface area contributed by atoms with E-state index in [4.69, 9.17) is 11.6 Å². The maximum absolute atomic E-state index is 11.7. The number of hydrogen-bond donors (Lipinski definition) is 1. The molecule has 97 valence electrons. The summed E-state index contributed by atoms with van der Waals surface area (Å²) in [6.07, 6.45) is 2.37. The normalized spacial score (nSPS) is 10.2. The molecule has 3 heteroatoms. The van der Waals surface area contributed by atoms with E-state index in [1.54, 1.807) is 6.42 Å². The summed E-state index contributed by atoms with van der Waals surface area (Å²) < 4.78 is 0. The average molecular weight is 273 g/mol. The topological polar surface area (TPSA) is 29.1 Å². The van der Waals surface area contributed by atoms with Gasteiger partial charge in [-0.2, -0.15) is 0 Å². The fraction of sp³-hybridized carbons (Fsp3) is 0.125. The first-order valence-corrected chi connectivity index (χ1v) is 6.54. The molecule has 0 fully saturated rings. The Labute approximate surface area is 118 Å². The van der Waals surface area contributed by atoms with Crippen LogP contribution in [0.15, 0.2) is 54.6 Å². The van der Waals surface area contributed by atoms with Crippen molar-refractivity contribution in [3.8, 4) is 0 Å². The van der Waals surface area contributed by atoms with Gasteiger partial charge in [-0.05, 0) is 29.7 Å². The van der Waals surface area contributed by atoms with Crippen molar-refractivity contribution in [2.45, 2.75) is 6.42 Å². The number of amides is 1. The molecule has 1 amide bonds. The van der Waals surface area contributed by atoms with E-state index >= 15 is 0 Å². The smallest absolute Gasteiger partial charge is 0.228 e. The Hall–Kier alpha value is -1.80. The molecule has 0 heterocycles. The second kappa shape index (κ2) is 6.95. The van der Waals surface area contributed by atoms with E-state index in [1.807, 2.05) is 54.6 Å². The first kappa shape index (κ1) is 13.6. The minimum Gasteiger partial charge on any atom is -0.355 e. The van der Waals surface area contributed by atoms with Gasteiger partial charge in [-0.25, -0.2) is 0 Å². The van der Waals surface area contributed by atoms with Gasteiger partial charge in [0, 0.05) is 11.6 Å². The Balaban J connectivity index is 1.75. The van der Waals surface area contributed by atoms with Gasteiger partial charge in [-0.3, -0.25) is 4.79 Å². The largest absolute Gasteiger partial charge is 0.355 e. The van der Waals surface area contributed by atoms with E-state index in [0.717, 1.165) is 22.6 Å². The lowest BCUT2D eigenvalue weighted by atomic mass is 10.1. The fourth-order valence-corrected chi connectivity index (χ4v) is 1.99. The number of carbonyl (C=O) groups is 1. The summed E-state index contributed by atoms with van der Waals surface area (Å²) in [5.41, 5.74) is 2.02. The molecule has 2 aromatic rings. The van der Waals surface area contributed by atoms with Crippen LogP contribution in [0.5, 0.6) is 0 Å². The molecule has 0 aliphatic rings. The van der Waals surface area contributed by atoms with Gasteiger partial charge in [0.1, 0.15) is 0 Å². The van der Waals surface area contributed by atoms with Gasteiger partial charge in [0.2, 0.25) is 5.91 Å². The SMILES string of the molecule is O=C([CH]c1ccccc1)NCCc1cccc(Cl)c1. The number of halogens is 1. The van der Waals surface area contributed by atoms with Gasteiger partial charge in [0.25, 0.3) is 0 Å². The van der Waals surface area contributed by atoms with Crippen LogP contribution in [0.3, 0.4) is 0 Å². The highest BCUT2D eigenvalue weighted by atomic mass is 35.5. The summed E-state index contributed by atoms with van der Waals surface area (Å²) in [5.74, 6) is -0.0757. The molecule has 2 rings (SSSR count). The number of benzene rings is 2. The van der Waals surface area contributed by atoms with E-state index in [0.29, 0.717) is 6.54 Å². The van der Waals surface area contributed by atoms with Crippen LogP contribution in [-0.4, -0.2) is 12.5 Å². The summed E-state index contributed by atoms with van der Waals surface area (Å²) in [5, 5.41) is 3.58. The van der Waals surface area contributed by atoms with E-state index in [9.17, 15) is 4.79 Å². The van der Waals surface area contributed by atoms with Crippen LogP contribution in [0.2, 0.25) is 5.02 Å². The Morgan fingerprint density at radius 1 is 1.11 bits per heavy atom. The van der Waals surface area contributed by atoms with Crippen molar-refractivity contribution >= 4 is 17.5 Å². The molecule has 2 nitrogen and oxygen atoms in total. The maximum Gasteiger partial charge on any atom is 0.228 e. The lowest BCUT2D eigenvalue weighted by molar-refractivity contribution is -0.117. The minimum absolute atomic E-state index is 0.0757. The summed E-state index contributed by atoms with van der Waals surface area (Å²) in [6, 6.07) is 17.2. The molecular weight excluding hydrogens is 258 g/mol. The molecule has 0 aliphatic carbocycles.